The summed E-state index contributed by atoms with van der Waals surface area (Å²) in [5.74, 6) is -1.05. The molecule has 0 aliphatic carbocycles. The maximum Gasteiger partial charge on any atom is 0.573 e. The highest BCUT2D eigenvalue weighted by atomic mass is 32.2. The summed E-state index contributed by atoms with van der Waals surface area (Å²) in [5.41, 5.74) is 1.27. The first-order valence-corrected chi connectivity index (χ1v) is 10.9. The van der Waals surface area contributed by atoms with Gasteiger partial charge in [0.25, 0.3) is 10.0 Å². The number of halogens is 3. The quantitative estimate of drug-likeness (QED) is 0.654. The van der Waals surface area contributed by atoms with Gasteiger partial charge in [0.15, 0.2) is 0 Å². The number of amides is 1. The van der Waals surface area contributed by atoms with Crippen LogP contribution in [0.15, 0.2) is 47.4 Å². The summed E-state index contributed by atoms with van der Waals surface area (Å²) in [6, 6.07) is 9.06. The van der Waals surface area contributed by atoms with Crippen LogP contribution < -0.4 is 25.0 Å². The Balaban J connectivity index is 1.64. The van der Waals surface area contributed by atoms with Crippen molar-refractivity contribution in [2.45, 2.75) is 23.7 Å². The Labute approximate surface area is 176 Å². The molecule has 1 saturated heterocycles. The third-order valence-corrected chi connectivity index (χ3v) is 6.39. The van der Waals surface area contributed by atoms with Crippen LogP contribution in [0.4, 0.5) is 30.2 Å². The first-order chi connectivity index (χ1) is 14.6. The molecule has 12 heteroatoms. The topological polar surface area (TPSA) is 99.8 Å². The number of ether oxygens (including phenoxy) is 1. The molecule has 0 aromatic heterocycles. The van der Waals surface area contributed by atoms with Crippen molar-refractivity contribution in [2.24, 2.45) is 0 Å². The minimum atomic E-state index is -5.04. The monoisotopic (exact) mass is 456 g/mol. The van der Waals surface area contributed by atoms with E-state index in [0.717, 1.165) is 24.4 Å². The molecule has 1 fully saturated rings. The zero-order valence-electron chi connectivity index (χ0n) is 16.1. The number of benzene rings is 2. The summed E-state index contributed by atoms with van der Waals surface area (Å²) >= 11 is 0. The predicted octanol–water partition coefficient (Wildman–Crippen LogP) is 2.51. The highest BCUT2D eigenvalue weighted by Gasteiger charge is 2.34. The first-order valence-electron chi connectivity index (χ1n) is 9.41. The lowest BCUT2D eigenvalue weighted by atomic mass is 10.1. The van der Waals surface area contributed by atoms with Crippen LogP contribution >= 0.6 is 0 Å². The number of anilines is 3. The first kappa shape index (κ1) is 21.2. The number of rotatable bonds is 4. The number of nitrogens with one attached hydrogen (secondary N) is 3. The molecular weight excluding hydrogens is 437 g/mol. The molecule has 1 atom stereocenters. The molecule has 1 unspecified atom stereocenters. The summed E-state index contributed by atoms with van der Waals surface area (Å²) in [6.07, 6.45) is -4.76. The fourth-order valence-corrected chi connectivity index (χ4v) is 4.90. The zero-order chi connectivity index (χ0) is 22.2. The van der Waals surface area contributed by atoms with Crippen molar-refractivity contribution in [3.05, 3.63) is 42.5 Å². The number of hydrogen-bond donors (Lipinski definition) is 3. The van der Waals surface area contributed by atoms with Crippen molar-refractivity contribution in [2.75, 3.05) is 34.6 Å². The third-order valence-electron chi connectivity index (χ3n) is 4.97. The lowest BCUT2D eigenvalue weighted by Gasteiger charge is -2.36. The maximum atomic E-state index is 12.8. The van der Waals surface area contributed by atoms with Gasteiger partial charge in [0.1, 0.15) is 10.6 Å². The number of alkyl halides is 3. The van der Waals surface area contributed by atoms with Gasteiger partial charge < -0.3 is 20.3 Å². The Hall–Kier alpha value is -2.99. The van der Waals surface area contributed by atoms with E-state index in [1.807, 2.05) is 0 Å². The van der Waals surface area contributed by atoms with Crippen LogP contribution in [0.2, 0.25) is 0 Å². The SMILES string of the molecule is O=C1CC2CNCCN2c2ccc(NS(=O)(=O)c3ccccc3OC(F)(F)F)cc2N1. The summed E-state index contributed by atoms with van der Waals surface area (Å²) in [5, 5.41) is 6.01. The van der Waals surface area contributed by atoms with Crippen LogP contribution in [0.1, 0.15) is 6.42 Å². The molecule has 2 heterocycles. The van der Waals surface area contributed by atoms with Gasteiger partial charge >= 0.3 is 6.36 Å². The molecule has 4 rings (SSSR count). The average molecular weight is 456 g/mol. The van der Waals surface area contributed by atoms with Gasteiger partial charge in [-0.05, 0) is 30.3 Å². The third kappa shape index (κ3) is 4.69. The van der Waals surface area contributed by atoms with Crippen LogP contribution in [0.3, 0.4) is 0 Å². The molecule has 1 amide bonds. The van der Waals surface area contributed by atoms with Gasteiger partial charge in [0, 0.05) is 26.1 Å². The van der Waals surface area contributed by atoms with Crippen molar-refractivity contribution in [3.8, 4) is 5.75 Å². The van der Waals surface area contributed by atoms with Crippen LogP contribution in [0.5, 0.6) is 5.75 Å². The molecule has 2 aliphatic rings. The molecule has 2 aliphatic heterocycles. The van der Waals surface area contributed by atoms with E-state index in [-0.39, 0.29) is 24.1 Å². The number of sulfonamides is 1. The van der Waals surface area contributed by atoms with E-state index in [9.17, 15) is 26.4 Å². The number of para-hydroxylation sites is 1. The molecule has 8 nitrogen and oxygen atoms in total. The predicted molar refractivity (Wildman–Crippen MR) is 108 cm³/mol. The second-order valence-electron chi connectivity index (χ2n) is 7.14. The summed E-state index contributed by atoms with van der Waals surface area (Å²) in [6.45, 7) is 2.07. The molecule has 0 bridgehead atoms. The Morgan fingerprint density at radius 1 is 1.16 bits per heavy atom. The minimum Gasteiger partial charge on any atom is -0.404 e. The molecule has 0 radical (unpaired) electrons. The molecule has 31 heavy (non-hydrogen) atoms. The van der Waals surface area contributed by atoms with Crippen molar-refractivity contribution >= 4 is 33.0 Å². The van der Waals surface area contributed by atoms with E-state index >= 15 is 0 Å². The number of fused-ring (bicyclic) bond motifs is 3. The van der Waals surface area contributed by atoms with E-state index in [0.29, 0.717) is 18.8 Å². The Morgan fingerprint density at radius 2 is 1.94 bits per heavy atom. The number of piperazine rings is 1. The number of carbonyl (C=O) groups excluding carboxylic acids is 1. The van der Waals surface area contributed by atoms with Gasteiger partial charge in [0.05, 0.1) is 23.1 Å². The van der Waals surface area contributed by atoms with Gasteiger partial charge in [-0.3, -0.25) is 9.52 Å². The average Bonchev–Trinajstić information content (AvgIpc) is 2.81. The normalized spacial score (nSPS) is 19.0. The smallest absolute Gasteiger partial charge is 0.404 e. The largest absolute Gasteiger partial charge is 0.573 e. The second-order valence-corrected chi connectivity index (χ2v) is 8.79. The van der Waals surface area contributed by atoms with Crippen LogP contribution in [-0.4, -0.2) is 46.4 Å². The van der Waals surface area contributed by atoms with Gasteiger partial charge in [-0.2, -0.15) is 0 Å². The zero-order valence-corrected chi connectivity index (χ0v) is 16.9. The lowest BCUT2D eigenvalue weighted by Crippen LogP contribution is -2.51. The highest BCUT2D eigenvalue weighted by Crippen LogP contribution is 2.36. The molecule has 0 spiro atoms. The highest BCUT2D eigenvalue weighted by molar-refractivity contribution is 7.92. The standard InChI is InChI=1S/C19H19F3N4O4S/c20-19(21,22)30-16-3-1-2-4-17(16)31(28,29)25-12-5-6-15-14(9-12)24-18(27)10-13-11-23-7-8-26(13)15/h1-6,9,13,23,25H,7-8,10-11H2,(H,24,27). The molecule has 2 aromatic carbocycles. The number of nitrogens with zero attached hydrogens (tertiary/aromatic N) is 1. The minimum absolute atomic E-state index is 0.0241. The van der Waals surface area contributed by atoms with Crippen molar-refractivity contribution in [1.82, 2.24) is 5.32 Å². The second kappa shape index (κ2) is 7.93. The van der Waals surface area contributed by atoms with Crippen molar-refractivity contribution in [3.63, 3.8) is 0 Å². The van der Waals surface area contributed by atoms with Crippen molar-refractivity contribution in [1.29, 1.82) is 0 Å². The Kier molecular flexibility index (Phi) is 5.43. The summed E-state index contributed by atoms with van der Waals surface area (Å²) < 4.78 is 69.6. The van der Waals surface area contributed by atoms with Gasteiger partial charge in [-0.1, -0.05) is 12.1 Å². The van der Waals surface area contributed by atoms with Crippen LogP contribution in [0.25, 0.3) is 0 Å². The van der Waals surface area contributed by atoms with Gasteiger partial charge in [-0.15, -0.1) is 13.2 Å². The Morgan fingerprint density at radius 3 is 2.71 bits per heavy atom. The van der Waals surface area contributed by atoms with E-state index in [2.05, 4.69) is 25.0 Å². The van der Waals surface area contributed by atoms with E-state index in [1.165, 1.54) is 24.3 Å². The van der Waals surface area contributed by atoms with Crippen molar-refractivity contribution < 1.29 is 31.1 Å². The molecule has 3 N–H and O–H groups in total. The van der Waals surface area contributed by atoms with E-state index in [1.54, 1.807) is 6.07 Å². The lowest BCUT2D eigenvalue weighted by molar-refractivity contribution is -0.275. The molecular formula is C19H19F3N4O4S. The number of hydrogen-bond acceptors (Lipinski definition) is 6. The van der Waals surface area contributed by atoms with E-state index in [4.69, 9.17) is 0 Å². The molecule has 166 valence electrons. The fourth-order valence-electron chi connectivity index (χ4n) is 3.72. The van der Waals surface area contributed by atoms with Crippen LogP contribution in [-0.2, 0) is 14.8 Å². The fraction of sp³-hybridized carbons (Fsp3) is 0.316. The maximum absolute atomic E-state index is 12.8. The summed E-state index contributed by atoms with van der Waals surface area (Å²) in [4.78, 5) is 13.7. The molecule has 2 aromatic rings. The van der Waals surface area contributed by atoms with Gasteiger partial charge in [-0.25, -0.2) is 8.42 Å². The molecule has 0 saturated carbocycles. The van der Waals surface area contributed by atoms with E-state index < -0.39 is 27.0 Å². The van der Waals surface area contributed by atoms with Crippen LogP contribution in [0, 0.1) is 0 Å². The summed E-state index contributed by atoms with van der Waals surface area (Å²) in [7, 11) is -4.40. The Bertz CT molecular complexity index is 1110. The number of carbonyl (C=O) groups is 1. The van der Waals surface area contributed by atoms with Gasteiger partial charge in [0.2, 0.25) is 5.91 Å².